The van der Waals surface area contributed by atoms with Gasteiger partial charge in [-0.3, -0.25) is 9.36 Å². The third-order valence-electron chi connectivity index (χ3n) is 3.88. The van der Waals surface area contributed by atoms with Gasteiger partial charge in [0.1, 0.15) is 5.82 Å². The third-order valence-corrected chi connectivity index (χ3v) is 4.93. The number of hydrogen-bond acceptors (Lipinski definition) is 4. The van der Waals surface area contributed by atoms with Gasteiger partial charge >= 0.3 is 0 Å². The second kappa shape index (κ2) is 7.80. The van der Waals surface area contributed by atoms with Crippen LogP contribution in [0.4, 0.5) is 4.39 Å². The van der Waals surface area contributed by atoms with Crippen LogP contribution < -0.4 is 5.56 Å². The Morgan fingerprint density at radius 1 is 1.12 bits per heavy atom. The van der Waals surface area contributed by atoms with Crippen molar-refractivity contribution in [3.8, 4) is 0 Å². The highest BCUT2D eigenvalue weighted by Crippen LogP contribution is 2.22. The fourth-order valence-electron chi connectivity index (χ4n) is 2.48. The highest BCUT2D eigenvalue weighted by atomic mass is 32.2. The molecule has 0 bridgehead atoms. The molecule has 0 amide bonds. The van der Waals surface area contributed by atoms with E-state index in [9.17, 15) is 9.18 Å². The zero-order valence-electron chi connectivity index (χ0n) is 14.3. The Bertz CT molecular complexity index is 922. The SMILES string of the molecule is CN(C)CCn1c(SCc2ccc(F)cc2)nc2ccccc2c1=O. The molecule has 2 aromatic carbocycles. The van der Waals surface area contributed by atoms with Crippen LogP contribution in [0.5, 0.6) is 0 Å². The van der Waals surface area contributed by atoms with E-state index < -0.39 is 0 Å². The lowest BCUT2D eigenvalue weighted by atomic mass is 10.2. The lowest BCUT2D eigenvalue weighted by Crippen LogP contribution is -2.28. The smallest absolute Gasteiger partial charge is 0.262 e. The van der Waals surface area contributed by atoms with Crippen molar-refractivity contribution >= 4 is 22.7 Å². The first kappa shape index (κ1) is 17.6. The van der Waals surface area contributed by atoms with Crippen LogP contribution in [-0.2, 0) is 12.3 Å². The molecule has 4 nitrogen and oxygen atoms in total. The zero-order chi connectivity index (χ0) is 17.8. The first-order valence-corrected chi connectivity index (χ1v) is 9.05. The molecule has 0 aliphatic carbocycles. The molecule has 0 fully saturated rings. The van der Waals surface area contributed by atoms with Crippen LogP contribution in [0.2, 0.25) is 0 Å². The van der Waals surface area contributed by atoms with Gasteiger partial charge in [-0.15, -0.1) is 0 Å². The Labute approximate surface area is 150 Å². The number of benzene rings is 2. The molecule has 6 heteroatoms. The van der Waals surface area contributed by atoms with E-state index in [1.165, 1.54) is 23.9 Å². The Morgan fingerprint density at radius 3 is 2.56 bits per heavy atom. The number of halogens is 1. The lowest BCUT2D eigenvalue weighted by Gasteiger charge is -2.15. The van der Waals surface area contributed by atoms with Gasteiger partial charge in [0.15, 0.2) is 5.16 Å². The maximum atomic E-state index is 13.0. The van der Waals surface area contributed by atoms with E-state index in [2.05, 4.69) is 4.98 Å². The van der Waals surface area contributed by atoms with Crippen LogP contribution in [0, 0.1) is 5.82 Å². The van der Waals surface area contributed by atoms with Crippen molar-refractivity contribution in [1.82, 2.24) is 14.5 Å². The molecule has 0 radical (unpaired) electrons. The number of hydrogen-bond donors (Lipinski definition) is 0. The lowest BCUT2D eigenvalue weighted by molar-refractivity contribution is 0.371. The highest BCUT2D eigenvalue weighted by molar-refractivity contribution is 7.98. The first-order valence-electron chi connectivity index (χ1n) is 8.06. The van der Waals surface area contributed by atoms with Gasteiger partial charge in [-0.25, -0.2) is 9.37 Å². The fraction of sp³-hybridized carbons (Fsp3) is 0.263. The topological polar surface area (TPSA) is 38.1 Å². The molecule has 25 heavy (non-hydrogen) atoms. The van der Waals surface area contributed by atoms with Crippen LogP contribution in [0.3, 0.4) is 0 Å². The molecular weight excluding hydrogens is 337 g/mol. The minimum atomic E-state index is -0.250. The number of fused-ring (bicyclic) bond motifs is 1. The van der Waals surface area contributed by atoms with E-state index in [0.29, 0.717) is 28.4 Å². The number of likely N-dealkylation sites (N-methyl/N-ethyl adjacent to an activating group) is 1. The van der Waals surface area contributed by atoms with Gasteiger partial charge in [-0.05, 0) is 43.9 Å². The van der Waals surface area contributed by atoms with Crippen molar-refractivity contribution in [2.45, 2.75) is 17.5 Å². The van der Waals surface area contributed by atoms with E-state index in [1.54, 1.807) is 16.7 Å². The summed E-state index contributed by atoms with van der Waals surface area (Å²) in [5, 5.41) is 1.32. The quantitative estimate of drug-likeness (QED) is 0.501. The van der Waals surface area contributed by atoms with Crippen LogP contribution in [0.25, 0.3) is 10.9 Å². The Hall–Kier alpha value is -2.18. The molecule has 0 atom stereocenters. The van der Waals surface area contributed by atoms with E-state index in [4.69, 9.17) is 0 Å². The monoisotopic (exact) mass is 357 g/mol. The fourth-order valence-corrected chi connectivity index (χ4v) is 3.46. The molecule has 130 valence electrons. The average molecular weight is 357 g/mol. The van der Waals surface area contributed by atoms with Crippen LogP contribution in [0.1, 0.15) is 5.56 Å². The number of aromatic nitrogens is 2. The van der Waals surface area contributed by atoms with E-state index in [-0.39, 0.29) is 11.4 Å². The van der Waals surface area contributed by atoms with E-state index in [0.717, 1.165) is 12.1 Å². The summed E-state index contributed by atoms with van der Waals surface area (Å²) in [6.07, 6.45) is 0. The summed E-state index contributed by atoms with van der Waals surface area (Å²) < 4.78 is 14.8. The summed E-state index contributed by atoms with van der Waals surface area (Å²) in [7, 11) is 3.95. The van der Waals surface area contributed by atoms with Crippen LogP contribution in [-0.4, -0.2) is 35.1 Å². The van der Waals surface area contributed by atoms with Crippen LogP contribution in [0.15, 0.2) is 58.5 Å². The largest absolute Gasteiger partial charge is 0.308 e. The molecule has 0 N–H and O–H groups in total. The molecule has 3 rings (SSSR count). The van der Waals surface area contributed by atoms with Gasteiger partial charge < -0.3 is 4.90 Å². The van der Waals surface area contributed by atoms with Crippen molar-refractivity contribution < 1.29 is 4.39 Å². The number of thioether (sulfide) groups is 1. The molecule has 0 unspecified atom stereocenters. The van der Waals surface area contributed by atoms with Crippen molar-refractivity contribution in [2.24, 2.45) is 0 Å². The first-order chi connectivity index (χ1) is 12.0. The van der Waals surface area contributed by atoms with Gasteiger partial charge in [-0.1, -0.05) is 36.0 Å². The van der Waals surface area contributed by atoms with Crippen molar-refractivity contribution in [3.63, 3.8) is 0 Å². The summed E-state index contributed by atoms with van der Waals surface area (Å²) in [5.41, 5.74) is 1.68. The molecule has 0 aliphatic heterocycles. The van der Waals surface area contributed by atoms with Gasteiger partial charge in [0.05, 0.1) is 10.9 Å². The average Bonchev–Trinajstić information content (AvgIpc) is 2.60. The summed E-state index contributed by atoms with van der Waals surface area (Å²) in [6.45, 7) is 1.33. The number of nitrogens with zero attached hydrogens (tertiary/aromatic N) is 3. The molecule has 0 saturated carbocycles. The van der Waals surface area contributed by atoms with E-state index in [1.807, 2.05) is 43.3 Å². The molecule has 0 saturated heterocycles. The predicted octanol–water partition coefficient (Wildman–Crippen LogP) is 3.39. The Morgan fingerprint density at radius 2 is 1.84 bits per heavy atom. The third kappa shape index (κ3) is 4.27. The molecule has 1 heterocycles. The Kier molecular flexibility index (Phi) is 5.50. The Balaban J connectivity index is 1.94. The minimum absolute atomic E-state index is 0.0194. The summed E-state index contributed by atoms with van der Waals surface area (Å²) in [4.78, 5) is 19.6. The summed E-state index contributed by atoms with van der Waals surface area (Å²) >= 11 is 1.50. The number of para-hydroxylation sites is 1. The molecular formula is C19H20FN3OS. The second-order valence-corrected chi connectivity index (χ2v) is 7.03. The maximum absolute atomic E-state index is 13.0. The molecule has 0 spiro atoms. The highest BCUT2D eigenvalue weighted by Gasteiger charge is 2.12. The van der Waals surface area contributed by atoms with Crippen molar-refractivity contribution in [3.05, 3.63) is 70.3 Å². The standard InChI is InChI=1S/C19H20FN3OS/c1-22(2)11-12-23-18(24)16-5-3-4-6-17(16)21-19(23)25-13-14-7-9-15(20)10-8-14/h3-10H,11-13H2,1-2H3. The molecule has 3 aromatic rings. The second-order valence-electron chi connectivity index (χ2n) is 6.09. The van der Waals surface area contributed by atoms with E-state index >= 15 is 0 Å². The maximum Gasteiger partial charge on any atom is 0.262 e. The molecule has 1 aromatic heterocycles. The van der Waals surface area contributed by atoms with Gasteiger partial charge in [0.2, 0.25) is 0 Å². The van der Waals surface area contributed by atoms with Gasteiger partial charge in [0, 0.05) is 18.8 Å². The summed E-state index contributed by atoms with van der Waals surface area (Å²) in [5.74, 6) is 0.382. The molecule has 0 aliphatic rings. The minimum Gasteiger partial charge on any atom is -0.308 e. The van der Waals surface area contributed by atoms with Crippen LogP contribution >= 0.6 is 11.8 Å². The van der Waals surface area contributed by atoms with Gasteiger partial charge in [-0.2, -0.15) is 0 Å². The van der Waals surface area contributed by atoms with Gasteiger partial charge in [0.25, 0.3) is 5.56 Å². The van der Waals surface area contributed by atoms with Crippen molar-refractivity contribution in [2.75, 3.05) is 20.6 Å². The number of rotatable bonds is 6. The van der Waals surface area contributed by atoms with Crippen molar-refractivity contribution in [1.29, 1.82) is 0 Å². The predicted molar refractivity (Wildman–Crippen MR) is 101 cm³/mol. The zero-order valence-corrected chi connectivity index (χ0v) is 15.1. The summed E-state index contributed by atoms with van der Waals surface area (Å²) in [6, 6.07) is 13.8. The normalized spacial score (nSPS) is 11.4.